The molecule has 0 heterocycles. The van der Waals surface area contributed by atoms with Crippen LogP contribution in [-0.2, 0) is 25.7 Å². The van der Waals surface area contributed by atoms with Crippen molar-refractivity contribution in [3.8, 4) is 28.7 Å². The van der Waals surface area contributed by atoms with E-state index in [9.17, 15) is 34.8 Å². The molecule has 0 bridgehead atoms. The molecule has 0 saturated carbocycles. The molecule has 0 amide bonds. The first kappa shape index (κ1) is 64.6. The Bertz CT molecular complexity index is 3120. The van der Waals surface area contributed by atoms with Crippen LogP contribution in [0.4, 0.5) is 0 Å². The molecular formula is C53H45Cl10NaO11. The summed E-state index contributed by atoms with van der Waals surface area (Å²) in [5.74, 6) is -0.700. The fourth-order valence-electron chi connectivity index (χ4n) is 9.27. The number of carbonyl (C=O) groups excluding carboxylic acids is 3. The van der Waals surface area contributed by atoms with Gasteiger partial charge >= 0.3 is 29.6 Å². The zero-order chi connectivity index (χ0) is 55.8. The number of hydrogen-bond acceptors (Lipinski definition) is 11. The minimum atomic E-state index is -0.850. The van der Waals surface area contributed by atoms with E-state index < -0.39 is 16.2 Å². The maximum Gasteiger partial charge on any atom is 1.00 e. The number of fused-ring (bicyclic) bond motifs is 6. The Hall–Kier alpha value is -2.89. The topological polar surface area (TPSA) is 183 Å². The van der Waals surface area contributed by atoms with Crippen LogP contribution in [0.5, 0.6) is 28.7 Å². The normalized spacial score (nSPS) is 14.3. The molecule has 0 fully saturated rings. The van der Waals surface area contributed by atoms with Gasteiger partial charge in [-0.05, 0) is 107 Å². The van der Waals surface area contributed by atoms with Gasteiger partial charge in [-0.1, -0.05) is 146 Å². The standard InChI is InChI=1S/C19H16Cl4O3.C16H10Cl4O3.C16H14O3.C2H5ClO.ClO.Na/c1-8-11(20)5-9-13(15(8)22)19(2,3)14-10(17(9)24)6-12(21)18(16(14)23)26-7-25-4;1-16(2)9-5(3-7(17)14(22)11(9)19)13(21)6-4-8(18)15(23)12(20)10(6)16;1-16(2)13-7-9(17)3-5-11(13)15(19)12-6-4-10(18)8-14(12)16;1-4-2-3;1-2;/h5-6H,7H2,1-4H3;3-4,22-23H,1-2H3;3-8,17-18H,1-2H3;2H2,1H3;;/q;;;;-1;+1. The summed E-state index contributed by atoms with van der Waals surface area (Å²) in [6, 6.07) is 15.9. The van der Waals surface area contributed by atoms with Gasteiger partial charge in [-0.3, -0.25) is 14.4 Å². The summed E-state index contributed by atoms with van der Waals surface area (Å²) in [7, 11) is 3.04. The van der Waals surface area contributed by atoms with Crippen LogP contribution in [0.1, 0.15) is 128 Å². The quantitative estimate of drug-likeness (QED) is 0.0749. The summed E-state index contributed by atoms with van der Waals surface area (Å²) in [5.41, 5.74) is 5.12. The van der Waals surface area contributed by atoms with Gasteiger partial charge in [0.1, 0.15) is 17.6 Å². The summed E-state index contributed by atoms with van der Waals surface area (Å²) in [6.07, 6.45) is 0. The second-order valence-corrected chi connectivity index (χ2v) is 21.7. The molecule has 0 atom stereocenters. The molecule has 0 spiro atoms. The fourth-order valence-corrected chi connectivity index (χ4v) is 12.1. The Labute approximate surface area is 505 Å². The number of carbonyl (C=O) groups is 3. The van der Waals surface area contributed by atoms with Gasteiger partial charge in [-0.2, -0.15) is 0 Å². The Morgan fingerprint density at radius 3 is 1.19 bits per heavy atom. The van der Waals surface area contributed by atoms with Crippen LogP contribution in [0.15, 0.2) is 60.7 Å². The molecule has 0 aliphatic heterocycles. The van der Waals surface area contributed by atoms with Crippen molar-refractivity contribution in [2.45, 2.75) is 64.7 Å². The van der Waals surface area contributed by atoms with Crippen molar-refractivity contribution in [2.24, 2.45) is 0 Å². The molecule has 6 aromatic carbocycles. The second kappa shape index (κ2) is 25.5. The number of methoxy groups -OCH3 is 2. The first-order valence-electron chi connectivity index (χ1n) is 21.6. The van der Waals surface area contributed by atoms with Crippen LogP contribution in [0.25, 0.3) is 0 Å². The van der Waals surface area contributed by atoms with E-state index in [1.165, 1.54) is 31.4 Å². The number of alkyl halides is 1. The van der Waals surface area contributed by atoms with Crippen molar-refractivity contribution < 1.29 is 83.2 Å². The van der Waals surface area contributed by atoms with E-state index in [1.807, 2.05) is 34.6 Å². The molecule has 22 heteroatoms. The van der Waals surface area contributed by atoms with Gasteiger partial charge < -0.3 is 39.3 Å². The monoisotopic (exact) mass is 1230 g/mol. The number of aromatic hydroxyl groups is 4. The van der Waals surface area contributed by atoms with Gasteiger partial charge in [-0.15, -0.1) is 0 Å². The van der Waals surface area contributed by atoms with Gasteiger partial charge in [-0.25, -0.2) is 11.9 Å². The number of halogens is 10. The second-order valence-electron chi connectivity index (χ2n) is 18.3. The number of ether oxygens (including phenoxy) is 3. The molecule has 75 heavy (non-hydrogen) atoms. The van der Waals surface area contributed by atoms with Crippen LogP contribution in [-0.4, -0.2) is 64.9 Å². The zero-order valence-corrected chi connectivity index (χ0v) is 51.2. The number of phenols is 4. The van der Waals surface area contributed by atoms with E-state index in [1.54, 1.807) is 57.4 Å². The van der Waals surface area contributed by atoms with Gasteiger partial charge in [0.2, 0.25) is 0 Å². The van der Waals surface area contributed by atoms with Crippen molar-refractivity contribution in [3.05, 3.63) is 173 Å². The van der Waals surface area contributed by atoms with Crippen LogP contribution < -0.4 is 39.0 Å². The number of benzene rings is 6. The van der Waals surface area contributed by atoms with Crippen molar-refractivity contribution in [3.63, 3.8) is 0 Å². The predicted molar refractivity (Wildman–Crippen MR) is 293 cm³/mol. The smallest absolute Gasteiger partial charge is 0.769 e. The number of hydrogen-bond donors (Lipinski definition) is 4. The Morgan fingerprint density at radius 1 is 0.480 bits per heavy atom. The molecule has 0 saturated heterocycles. The minimum absolute atomic E-state index is 0. The molecule has 4 N–H and O–H groups in total. The van der Waals surface area contributed by atoms with Crippen LogP contribution in [0.3, 0.4) is 0 Å². The molecule has 9 rings (SSSR count). The summed E-state index contributed by atoms with van der Waals surface area (Å²) in [4.78, 5) is 38.4. The minimum Gasteiger partial charge on any atom is -0.769 e. The van der Waals surface area contributed by atoms with Crippen LogP contribution >= 0.6 is 116 Å². The summed E-state index contributed by atoms with van der Waals surface area (Å²) in [5, 5.41) is 40.7. The van der Waals surface area contributed by atoms with Crippen LogP contribution in [0.2, 0.25) is 40.2 Å². The van der Waals surface area contributed by atoms with E-state index in [0.717, 1.165) is 16.7 Å². The number of rotatable bonds is 4. The van der Waals surface area contributed by atoms with Crippen molar-refractivity contribution in [2.75, 3.05) is 27.1 Å². The molecule has 11 nitrogen and oxygen atoms in total. The molecule has 394 valence electrons. The van der Waals surface area contributed by atoms with Crippen molar-refractivity contribution >= 4 is 134 Å². The van der Waals surface area contributed by atoms with Gasteiger partial charge in [0.15, 0.2) is 41.4 Å². The summed E-state index contributed by atoms with van der Waals surface area (Å²) < 4.78 is 22.5. The third kappa shape index (κ3) is 12.0. The average molecular weight is 1240 g/mol. The fraction of sp³-hybridized carbons (Fsp3) is 0.264. The average Bonchev–Trinajstić information content (AvgIpc) is 3.34. The third-order valence-corrected chi connectivity index (χ3v) is 15.8. The van der Waals surface area contributed by atoms with Gasteiger partial charge in [0.25, 0.3) is 0 Å². The first-order valence-corrected chi connectivity index (χ1v) is 25.5. The van der Waals surface area contributed by atoms with E-state index in [2.05, 4.69) is 16.6 Å². The predicted octanol–water partition coefficient (Wildman–Crippen LogP) is 12.3. The number of phenolic OH excluding ortho intramolecular Hbond substituents is 4. The van der Waals surface area contributed by atoms with Crippen molar-refractivity contribution in [1.82, 2.24) is 0 Å². The van der Waals surface area contributed by atoms with E-state index in [0.29, 0.717) is 60.6 Å². The van der Waals surface area contributed by atoms with Crippen molar-refractivity contribution in [1.29, 1.82) is 0 Å². The summed E-state index contributed by atoms with van der Waals surface area (Å²) in [6.45, 7) is 13.2. The molecule has 0 radical (unpaired) electrons. The maximum atomic E-state index is 13.1. The number of ketones is 3. The molecule has 3 aliphatic carbocycles. The zero-order valence-electron chi connectivity index (χ0n) is 41.6. The molecule has 6 aromatic rings. The van der Waals surface area contributed by atoms with Gasteiger partial charge in [0, 0.05) is 73.9 Å². The SMILES string of the molecule is CC1(C)c2c(cc(Cl)c(O)c2Cl)C(=O)c2cc(Cl)c(O)c(Cl)c21.CC1(C)c2cc(O)ccc2C(=O)c2ccc(O)cc21.COCCl.COCOc1c(Cl)cc2c(c1Cl)C(C)(C)c1c(cc(Cl)c(C)c1Cl)C2=O.[Na+].[O-]Cl. The molecule has 0 unspecified atom stereocenters. The maximum absolute atomic E-state index is 13.1. The van der Waals surface area contributed by atoms with Gasteiger partial charge in [0.05, 0.1) is 30.1 Å². The Balaban J connectivity index is 0.000000231. The third-order valence-electron chi connectivity index (χ3n) is 12.8. The Morgan fingerprint density at radius 2 is 0.813 bits per heavy atom. The largest absolute Gasteiger partial charge is 1.00 e. The van der Waals surface area contributed by atoms with E-state index in [-0.39, 0.29) is 124 Å². The Kier molecular flexibility index (Phi) is 22.0. The molecular weight excluding hydrogens is 1190 g/mol. The molecule has 0 aromatic heterocycles. The summed E-state index contributed by atoms with van der Waals surface area (Å²) >= 11 is 58.5. The van der Waals surface area contributed by atoms with E-state index >= 15 is 0 Å². The first-order chi connectivity index (χ1) is 34.5. The van der Waals surface area contributed by atoms with Crippen LogP contribution in [0, 0.1) is 6.92 Å². The van der Waals surface area contributed by atoms with E-state index in [4.69, 9.17) is 119 Å². The molecule has 3 aliphatic rings.